The number of nitrogens with one attached hydrogen (secondary N) is 1. The normalized spacial score (nSPS) is 30.1. The number of rotatable bonds is 2. The molecule has 1 amide bonds. The van der Waals surface area contributed by atoms with Crippen molar-refractivity contribution in [3.05, 3.63) is 22.7 Å². The van der Waals surface area contributed by atoms with Gasteiger partial charge in [0.25, 0.3) is 5.91 Å². The molecule has 2 bridgehead atoms. The number of ether oxygens (including phenoxy) is 1. The Labute approximate surface area is 160 Å². The molecule has 0 saturated carbocycles. The van der Waals surface area contributed by atoms with Crippen LogP contribution in [-0.2, 0) is 0 Å². The number of benzene rings is 1. The number of amides is 1. The van der Waals surface area contributed by atoms with Crippen LogP contribution in [0.2, 0.25) is 5.02 Å². The zero-order valence-corrected chi connectivity index (χ0v) is 16.2. The van der Waals surface area contributed by atoms with Gasteiger partial charge in [-0.05, 0) is 50.9 Å². The minimum absolute atomic E-state index is 0. The summed E-state index contributed by atoms with van der Waals surface area (Å²) in [5, 5.41) is 3.80. The second-order valence-electron chi connectivity index (χ2n) is 7.33. The molecular weight excluding hydrogens is 361 g/mol. The van der Waals surface area contributed by atoms with Crippen molar-refractivity contribution in [1.82, 2.24) is 10.2 Å². The van der Waals surface area contributed by atoms with E-state index in [1.54, 1.807) is 6.07 Å². The third-order valence-corrected chi connectivity index (χ3v) is 5.73. The van der Waals surface area contributed by atoms with Crippen molar-refractivity contribution >= 4 is 35.6 Å². The van der Waals surface area contributed by atoms with Crippen LogP contribution in [0, 0.1) is 5.92 Å². The van der Waals surface area contributed by atoms with Crippen molar-refractivity contribution in [2.45, 2.75) is 31.9 Å². The molecular formula is C18H25Cl2N3O2. The topological polar surface area (TPSA) is 44.8 Å². The van der Waals surface area contributed by atoms with Gasteiger partial charge < -0.3 is 19.9 Å². The number of likely N-dealkylation sites (N-methyl/N-ethyl adjacent to an activating group) is 1. The third kappa shape index (κ3) is 3.55. The average molecular weight is 386 g/mol. The van der Waals surface area contributed by atoms with E-state index in [0.717, 1.165) is 31.9 Å². The first-order valence-corrected chi connectivity index (χ1v) is 9.13. The molecule has 2 unspecified atom stereocenters. The molecule has 1 aromatic rings. The number of carbonyl (C=O) groups is 1. The molecule has 25 heavy (non-hydrogen) atoms. The molecule has 3 saturated heterocycles. The van der Waals surface area contributed by atoms with E-state index in [1.165, 1.54) is 12.8 Å². The Bertz CT molecular complexity index is 662. The molecule has 0 aromatic heterocycles. The van der Waals surface area contributed by atoms with E-state index in [-0.39, 0.29) is 30.5 Å². The van der Waals surface area contributed by atoms with Gasteiger partial charge in [0.1, 0.15) is 6.10 Å². The predicted molar refractivity (Wildman–Crippen MR) is 102 cm³/mol. The van der Waals surface area contributed by atoms with Crippen LogP contribution in [0.4, 0.5) is 5.69 Å². The van der Waals surface area contributed by atoms with E-state index >= 15 is 0 Å². The van der Waals surface area contributed by atoms with Gasteiger partial charge in [-0.15, -0.1) is 12.4 Å². The van der Waals surface area contributed by atoms with E-state index in [4.69, 9.17) is 16.3 Å². The number of hydrogen-bond acceptors (Lipinski definition) is 4. The Morgan fingerprint density at radius 1 is 1.28 bits per heavy atom. The van der Waals surface area contributed by atoms with Gasteiger partial charge in [0, 0.05) is 24.7 Å². The summed E-state index contributed by atoms with van der Waals surface area (Å²) in [5.74, 6) is 1.17. The highest BCUT2D eigenvalue weighted by Crippen LogP contribution is 2.39. The van der Waals surface area contributed by atoms with Crippen molar-refractivity contribution in [1.29, 1.82) is 0 Å². The molecule has 4 aliphatic heterocycles. The van der Waals surface area contributed by atoms with Gasteiger partial charge in [0.15, 0.2) is 5.75 Å². The molecule has 1 aromatic carbocycles. The highest BCUT2D eigenvalue weighted by Gasteiger charge is 2.36. The Balaban J connectivity index is 0.00000182. The molecule has 5 nitrogen and oxygen atoms in total. The van der Waals surface area contributed by atoms with Crippen molar-refractivity contribution in [3.63, 3.8) is 0 Å². The summed E-state index contributed by atoms with van der Waals surface area (Å²) in [6.07, 6.45) is 2.40. The standard InChI is InChI=1S/C18H24ClN3O2.ClH/c1-11-9-21(2)16-8-13(19)7-14(17(16)24-11)18(23)20-15-10-22-5-3-12(15)4-6-22;/h7-8,11-12,15H,3-6,9-10H2,1-2H3,(H,20,23);1H. The number of anilines is 1. The maximum Gasteiger partial charge on any atom is 0.255 e. The van der Waals surface area contributed by atoms with Crippen LogP contribution >= 0.6 is 24.0 Å². The Morgan fingerprint density at radius 3 is 2.64 bits per heavy atom. The monoisotopic (exact) mass is 385 g/mol. The van der Waals surface area contributed by atoms with Crippen LogP contribution in [-0.4, -0.2) is 56.2 Å². The smallest absolute Gasteiger partial charge is 0.255 e. The van der Waals surface area contributed by atoms with E-state index < -0.39 is 0 Å². The van der Waals surface area contributed by atoms with Gasteiger partial charge in [0.05, 0.1) is 17.8 Å². The lowest BCUT2D eigenvalue weighted by Crippen LogP contribution is -2.57. The molecule has 138 valence electrons. The Kier molecular flexibility index (Phi) is 5.37. The summed E-state index contributed by atoms with van der Waals surface area (Å²) in [6, 6.07) is 3.82. The van der Waals surface area contributed by atoms with Crippen LogP contribution < -0.4 is 15.0 Å². The van der Waals surface area contributed by atoms with Gasteiger partial charge in [0.2, 0.25) is 0 Å². The molecule has 4 heterocycles. The molecule has 0 spiro atoms. The number of carbonyl (C=O) groups excluding carboxylic acids is 1. The first kappa shape index (κ1) is 18.6. The van der Waals surface area contributed by atoms with Crippen LogP contribution in [0.5, 0.6) is 5.75 Å². The summed E-state index contributed by atoms with van der Waals surface area (Å²) in [4.78, 5) is 17.5. The van der Waals surface area contributed by atoms with Crippen LogP contribution in [0.15, 0.2) is 12.1 Å². The fourth-order valence-corrected chi connectivity index (χ4v) is 4.46. The number of nitrogens with zero attached hydrogens (tertiary/aromatic N) is 2. The quantitative estimate of drug-likeness (QED) is 0.849. The van der Waals surface area contributed by atoms with Gasteiger partial charge in [-0.1, -0.05) is 11.6 Å². The second kappa shape index (κ2) is 7.22. The van der Waals surface area contributed by atoms with Crippen molar-refractivity contribution < 1.29 is 9.53 Å². The summed E-state index contributed by atoms with van der Waals surface area (Å²) < 4.78 is 5.99. The fourth-order valence-electron chi connectivity index (χ4n) is 4.25. The molecule has 4 aliphatic rings. The number of halogens is 2. The zero-order chi connectivity index (χ0) is 16.8. The Morgan fingerprint density at radius 2 is 2.00 bits per heavy atom. The number of fused-ring (bicyclic) bond motifs is 4. The fraction of sp³-hybridized carbons (Fsp3) is 0.611. The van der Waals surface area contributed by atoms with Crippen LogP contribution in [0.3, 0.4) is 0 Å². The minimum Gasteiger partial charge on any atom is -0.486 e. The summed E-state index contributed by atoms with van der Waals surface area (Å²) in [5.41, 5.74) is 1.44. The summed E-state index contributed by atoms with van der Waals surface area (Å²) in [6.45, 7) is 6.08. The maximum absolute atomic E-state index is 12.9. The molecule has 0 radical (unpaired) electrons. The average Bonchev–Trinajstić information content (AvgIpc) is 2.56. The Hall–Kier alpha value is -1.17. The molecule has 5 rings (SSSR count). The zero-order valence-electron chi connectivity index (χ0n) is 14.6. The largest absolute Gasteiger partial charge is 0.486 e. The van der Waals surface area contributed by atoms with E-state index in [0.29, 0.717) is 22.3 Å². The highest BCUT2D eigenvalue weighted by atomic mass is 35.5. The number of piperidine rings is 3. The molecule has 2 atom stereocenters. The number of hydrogen-bond donors (Lipinski definition) is 1. The lowest BCUT2D eigenvalue weighted by Gasteiger charge is -2.45. The molecule has 0 aliphatic carbocycles. The van der Waals surface area contributed by atoms with Crippen molar-refractivity contribution in [3.8, 4) is 5.75 Å². The van der Waals surface area contributed by atoms with Crippen LogP contribution in [0.25, 0.3) is 0 Å². The van der Waals surface area contributed by atoms with Gasteiger partial charge in [-0.3, -0.25) is 4.79 Å². The van der Waals surface area contributed by atoms with Crippen molar-refractivity contribution in [2.24, 2.45) is 5.92 Å². The summed E-state index contributed by atoms with van der Waals surface area (Å²) in [7, 11) is 2.00. The third-order valence-electron chi connectivity index (χ3n) is 5.51. The van der Waals surface area contributed by atoms with Gasteiger partial charge in [-0.25, -0.2) is 0 Å². The van der Waals surface area contributed by atoms with E-state index in [9.17, 15) is 4.79 Å². The second-order valence-corrected chi connectivity index (χ2v) is 7.77. The lowest BCUT2D eigenvalue weighted by atomic mass is 9.84. The predicted octanol–water partition coefficient (Wildman–Crippen LogP) is 2.80. The maximum atomic E-state index is 12.9. The molecule has 7 heteroatoms. The van der Waals surface area contributed by atoms with Gasteiger partial charge >= 0.3 is 0 Å². The minimum atomic E-state index is -0.0741. The lowest BCUT2D eigenvalue weighted by molar-refractivity contribution is 0.0617. The van der Waals surface area contributed by atoms with Crippen molar-refractivity contribution in [2.75, 3.05) is 38.1 Å². The van der Waals surface area contributed by atoms with Crippen LogP contribution in [0.1, 0.15) is 30.1 Å². The van der Waals surface area contributed by atoms with E-state index in [2.05, 4.69) is 15.1 Å². The highest BCUT2D eigenvalue weighted by molar-refractivity contribution is 6.31. The van der Waals surface area contributed by atoms with E-state index in [1.807, 2.05) is 20.0 Å². The molecule has 1 N–H and O–H groups in total. The first-order valence-electron chi connectivity index (χ1n) is 8.76. The SMILES string of the molecule is CC1CN(C)c2cc(Cl)cc(C(=O)NC3CN4CCC3CC4)c2O1.Cl. The molecule has 3 fully saturated rings. The summed E-state index contributed by atoms with van der Waals surface area (Å²) >= 11 is 6.26. The van der Waals surface area contributed by atoms with Gasteiger partial charge in [-0.2, -0.15) is 0 Å². The first-order chi connectivity index (χ1) is 11.5.